The van der Waals surface area contributed by atoms with Crippen molar-refractivity contribution in [3.8, 4) is 22.6 Å². The van der Waals surface area contributed by atoms with Crippen molar-refractivity contribution in [3.63, 3.8) is 0 Å². The van der Waals surface area contributed by atoms with E-state index in [4.69, 9.17) is 9.47 Å². The van der Waals surface area contributed by atoms with Crippen molar-refractivity contribution < 1.29 is 24.2 Å². The van der Waals surface area contributed by atoms with E-state index in [-0.39, 0.29) is 24.3 Å². The minimum Gasteiger partial charge on any atom is -0.476 e. The lowest BCUT2D eigenvalue weighted by Crippen LogP contribution is -2.10. The Bertz CT molecular complexity index is 1030. The second kappa shape index (κ2) is 5.48. The lowest BCUT2D eigenvalue weighted by molar-refractivity contribution is -0.114. The topological polar surface area (TPSA) is 115 Å². The van der Waals surface area contributed by atoms with Crippen molar-refractivity contribution >= 4 is 23.5 Å². The summed E-state index contributed by atoms with van der Waals surface area (Å²) in [4.78, 5) is 27.1. The second-order valence-electron chi connectivity index (χ2n) is 5.36. The van der Waals surface area contributed by atoms with Crippen LogP contribution in [0.2, 0.25) is 0 Å². The molecule has 0 atom stereocenters. The molecule has 1 aromatic carbocycles. The zero-order valence-corrected chi connectivity index (χ0v) is 13.0. The number of aromatic nitrogens is 3. The third kappa shape index (κ3) is 2.51. The number of amides is 1. The first-order chi connectivity index (χ1) is 12.0. The van der Waals surface area contributed by atoms with Crippen LogP contribution in [0, 0.1) is 0 Å². The number of carbonyl (C=O) groups excluding carboxylic acids is 1. The van der Waals surface area contributed by atoms with Crippen molar-refractivity contribution in [1.29, 1.82) is 0 Å². The van der Waals surface area contributed by atoms with Gasteiger partial charge in [0, 0.05) is 12.5 Å². The number of carboxylic acid groups (broad SMARTS) is 1. The number of nitrogens with one attached hydrogen (secondary N) is 1. The van der Waals surface area contributed by atoms with E-state index in [0.717, 1.165) is 0 Å². The molecule has 0 unspecified atom stereocenters. The zero-order valence-electron chi connectivity index (χ0n) is 13.0. The summed E-state index contributed by atoms with van der Waals surface area (Å²) >= 11 is 0. The molecule has 0 saturated heterocycles. The molecule has 1 aliphatic rings. The number of anilines is 1. The van der Waals surface area contributed by atoms with Crippen LogP contribution in [-0.2, 0) is 4.79 Å². The summed E-state index contributed by atoms with van der Waals surface area (Å²) < 4.78 is 11.8. The monoisotopic (exact) mass is 340 g/mol. The number of fused-ring (bicyclic) bond motifs is 2. The molecule has 2 N–H and O–H groups in total. The number of carboxylic acids is 1. The highest BCUT2D eigenvalue weighted by molar-refractivity contribution is 5.95. The fourth-order valence-corrected chi connectivity index (χ4v) is 2.66. The molecule has 3 heterocycles. The molecule has 0 radical (unpaired) electrons. The van der Waals surface area contributed by atoms with E-state index in [1.54, 1.807) is 30.3 Å². The molecule has 0 bridgehead atoms. The SMILES string of the molecule is CC(=O)Nc1nc2ccc(-c3ccc4c(c3)OCO4)c(C(=O)O)n2n1. The number of aromatic carboxylic acids is 1. The van der Waals surface area contributed by atoms with E-state index < -0.39 is 5.97 Å². The third-order valence-corrected chi connectivity index (χ3v) is 3.67. The van der Waals surface area contributed by atoms with E-state index in [2.05, 4.69) is 15.4 Å². The number of hydrogen-bond acceptors (Lipinski definition) is 6. The van der Waals surface area contributed by atoms with Gasteiger partial charge in [-0.2, -0.15) is 4.98 Å². The molecule has 4 rings (SSSR count). The molecule has 9 nitrogen and oxygen atoms in total. The number of nitrogens with zero attached hydrogens (tertiary/aromatic N) is 3. The van der Waals surface area contributed by atoms with Crippen molar-refractivity contribution in [1.82, 2.24) is 14.6 Å². The smallest absolute Gasteiger partial charge is 0.355 e. The summed E-state index contributed by atoms with van der Waals surface area (Å²) in [5.41, 5.74) is 1.32. The maximum absolute atomic E-state index is 11.8. The average Bonchev–Trinajstić information content (AvgIpc) is 3.17. The first-order valence-corrected chi connectivity index (χ1v) is 7.33. The molecular formula is C16H12N4O5. The first-order valence-electron chi connectivity index (χ1n) is 7.33. The highest BCUT2D eigenvalue weighted by Gasteiger charge is 2.21. The van der Waals surface area contributed by atoms with Gasteiger partial charge in [0.15, 0.2) is 22.8 Å². The van der Waals surface area contributed by atoms with Crippen LogP contribution in [0.4, 0.5) is 5.95 Å². The molecule has 9 heteroatoms. The predicted octanol–water partition coefficient (Wildman–Crippen LogP) is 1.78. The Morgan fingerprint density at radius 3 is 2.76 bits per heavy atom. The quantitative estimate of drug-likeness (QED) is 0.746. The van der Waals surface area contributed by atoms with Gasteiger partial charge in [0.1, 0.15) is 0 Å². The highest BCUT2D eigenvalue weighted by Crippen LogP contribution is 2.37. The van der Waals surface area contributed by atoms with Crippen molar-refractivity contribution in [2.45, 2.75) is 6.92 Å². The minimum absolute atomic E-state index is 0.0397. The van der Waals surface area contributed by atoms with Crippen LogP contribution in [0.5, 0.6) is 11.5 Å². The zero-order chi connectivity index (χ0) is 17.6. The van der Waals surface area contributed by atoms with Crippen LogP contribution in [-0.4, -0.2) is 38.4 Å². The van der Waals surface area contributed by atoms with Crippen LogP contribution in [0.25, 0.3) is 16.8 Å². The van der Waals surface area contributed by atoms with Gasteiger partial charge in [-0.25, -0.2) is 9.31 Å². The van der Waals surface area contributed by atoms with Crippen LogP contribution < -0.4 is 14.8 Å². The number of rotatable bonds is 3. The number of pyridine rings is 1. The summed E-state index contributed by atoms with van der Waals surface area (Å²) in [5, 5.41) is 16.2. The summed E-state index contributed by atoms with van der Waals surface area (Å²) in [7, 11) is 0. The van der Waals surface area contributed by atoms with E-state index in [1.165, 1.54) is 11.4 Å². The van der Waals surface area contributed by atoms with Gasteiger partial charge in [-0.15, -0.1) is 5.10 Å². The normalized spacial score (nSPS) is 12.4. The molecule has 0 aliphatic carbocycles. The first kappa shape index (κ1) is 14.9. The highest BCUT2D eigenvalue weighted by atomic mass is 16.7. The fourth-order valence-electron chi connectivity index (χ4n) is 2.66. The maximum atomic E-state index is 11.8. The molecule has 1 aliphatic heterocycles. The lowest BCUT2D eigenvalue weighted by atomic mass is 10.0. The van der Waals surface area contributed by atoms with Crippen molar-refractivity contribution in [2.75, 3.05) is 12.1 Å². The minimum atomic E-state index is -1.17. The molecule has 25 heavy (non-hydrogen) atoms. The molecule has 0 spiro atoms. The maximum Gasteiger partial charge on any atom is 0.355 e. The standard InChI is InChI=1S/C16H12N4O5/c1-8(21)17-16-18-13-5-3-10(14(15(22)23)20(13)19-16)9-2-4-11-12(6-9)25-7-24-11/h2-6H,7H2,1H3,(H,22,23)(H,17,19,21). The van der Waals surface area contributed by atoms with Gasteiger partial charge >= 0.3 is 5.97 Å². The third-order valence-electron chi connectivity index (χ3n) is 3.67. The molecule has 126 valence electrons. The van der Waals surface area contributed by atoms with Gasteiger partial charge in [-0.1, -0.05) is 6.07 Å². The van der Waals surface area contributed by atoms with Gasteiger partial charge < -0.3 is 14.6 Å². The fraction of sp³-hybridized carbons (Fsp3) is 0.125. The molecule has 0 saturated carbocycles. The van der Waals surface area contributed by atoms with Gasteiger partial charge in [-0.05, 0) is 29.8 Å². The Kier molecular flexibility index (Phi) is 3.27. The number of ether oxygens (including phenoxy) is 2. The Balaban J connectivity index is 1.90. The number of hydrogen-bond donors (Lipinski definition) is 2. The van der Waals surface area contributed by atoms with Gasteiger partial charge in [-0.3, -0.25) is 10.1 Å². The Hall–Kier alpha value is -3.62. The van der Waals surface area contributed by atoms with Crippen molar-refractivity contribution in [3.05, 3.63) is 36.0 Å². The van der Waals surface area contributed by atoms with Crippen LogP contribution in [0.15, 0.2) is 30.3 Å². The summed E-state index contributed by atoms with van der Waals surface area (Å²) in [6, 6.07) is 8.44. The number of benzene rings is 1. The Labute approximate surface area is 140 Å². The van der Waals surface area contributed by atoms with Gasteiger partial charge in [0.05, 0.1) is 0 Å². The predicted molar refractivity (Wildman–Crippen MR) is 85.8 cm³/mol. The molecule has 3 aromatic rings. The largest absolute Gasteiger partial charge is 0.476 e. The van der Waals surface area contributed by atoms with Crippen LogP contribution >= 0.6 is 0 Å². The van der Waals surface area contributed by atoms with Crippen LogP contribution in [0.3, 0.4) is 0 Å². The average molecular weight is 340 g/mol. The van der Waals surface area contributed by atoms with E-state index in [0.29, 0.717) is 28.3 Å². The van der Waals surface area contributed by atoms with E-state index in [1.807, 2.05) is 0 Å². The lowest BCUT2D eigenvalue weighted by Gasteiger charge is -2.08. The Morgan fingerprint density at radius 2 is 2.00 bits per heavy atom. The summed E-state index contributed by atoms with van der Waals surface area (Å²) in [5.74, 6) is -0.319. The van der Waals surface area contributed by atoms with Crippen molar-refractivity contribution in [2.24, 2.45) is 0 Å². The second-order valence-corrected chi connectivity index (χ2v) is 5.36. The van der Waals surface area contributed by atoms with E-state index >= 15 is 0 Å². The summed E-state index contributed by atoms with van der Waals surface area (Å²) in [6.45, 7) is 1.45. The van der Waals surface area contributed by atoms with E-state index in [9.17, 15) is 14.7 Å². The number of carbonyl (C=O) groups is 2. The Morgan fingerprint density at radius 1 is 1.20 bits per heavy atom. The molecule has 2 aromatic heterocycles. The van der Waals surface area contributed by atoms with Gasteiger partial charge in [0.2, 0.25) is 18.6 Å². The van der Waals surface area contributed by atoms with Gasteiger partial charge in [0.25, 0.3) is 0 Å². The summed E-state index contributed by atoms with van der Waals surface area (Å²) in [6.07, 6.45) is 0. The molecule has 1 amide bonds. The molecule has 0 fully saturated rings. The molecular weight excluding hydrogens is 328 g/mol. The van der Waals surface area contributed by atoms with Crippen LogP contribution in [0.1, 0.15) is 17.4 Å².